The molecule has 0 spiro atoms. The van der Waals surface area contributed by atoms with E-state index in [0.717, 1.165) is 31.5 Å². The van der Waals surface area contributed by atoms with Crippen LogP contribution in [0.5, 0.6) is 0 Å². The Bertz CT molecular complexity index is 801. The maximum atomic E-state index is 12.5. The molecular weight excluding hydrogens is 356 g/mol. The van der Waals surface area contributed by atoms with Crippen molar-refractivity contribution in [3.8, 4) is 11.5 Å². The number of nitrogens with one attached hydrogen (secondary N) is 2. The molecule has 1 aromatic heterocycles. The Morgan fingerprint density at radius 1 is 1.38 bits per heavy atom. The van der Waals surface area contributed by atoms with Gasteiger partial charge in [-0.25, -0.2) is 4.79 Å². The minimum absolute atomic E-state index is 0.00695. The zero-order valence-electron chi connectivity index (χ0n) is 14.5. The Morgan fingerprint density at radius 2 is 2.19 bits per heavy atom. The van der Waals surface area contributed by atoms with Gasteiger partial charge in [-0.15, -0.1) is 0 Å². The number of methoxy groups -OCH3 is 1. The first kappa shape index (κ1) is 17.3. The third-order valence-corrected chi connectivity index (χ3v) is 4.93. The number of rotatable bonds is 7. The van der Waals surface area contributed by atoms with Crippen LogP contribution in [0.4, 0.5) is 10.5 Å². The minimum Gasteiger partial charge on any atom is -0.383 e. The zero-order valence-corrected chi connectivity index (χ0v) is 15.3. The minimum atomic E-state index is -0.301. The fourth-order valence-corrected chi connectivity index (χ4v) is 3.13. The van der Waals surface area contributed by atoms with Crippen LogP contribution in [-0.4, -0.2) is 35.9 Å². The predicted molar refractivity (Wildman–Crippen MR) is 97.3 cm³/mol. The lowest BCUT2D eigenvalue weighted by molar-refractivity contribution is 0.159. The van der Waals surface area contributed by atoms with Gasteiger partial charge in [0.2, 0.25) is 0 Å². The summed E-state index contributed by atoms with van der Waals surface area (Å²) in [6.07, 6.45) is 4.41. The van der Waals surface area contributed by atoms with Gasteiger partial charge in [-0.1, -0.05) is 16.8 Å². The molecular formula is C18H21ClN4O3. The van der Waals surface area contributed by atoms with Gasteiger partial charge in [-0.2, -0.15) is 4.98 Å². The summed E-state index contributed by atoms with van der Waals surface area (Å²) in [7, 11) is 1.64. The van der Waals surface area contributed by atoms with E-state index < -0.39 is 0 Å². The number of hydrogen-bond acceptors (Lipinski definition) is 5. The van der Waals surface area contributed by atoms with E-state index in [1.807, 2.05) is 0 Å². The molecule has 2 aromatic rings. The van der Waals surface area contributed by atoms with Crippen LogP contribution in [0.1, 0.15) is 37.4 Å². The Morgan fingerprint density at radius 3 is 2.88 bits per heavy atom. The van der Waals surface area contributed by atoms with Crippen LogP contribution in [0.2, 0.25) is 5.02 Å². The molecule has 2 N–H and O–H groups in total. The predicted octanol–water partition coefficient (Wildman–Crippen LogP) is 3.81. The molecule has 1 heterocycles. The van der Waals surface area contributed by atoms with E-state index in [4.69, 9.17) is 20.9 Å². The lowest BCUT2D eigenvalue weighted by atomic mass is 10.1. The van der Waals surface area contributed by atoms with E-state index in [-0.39, 0.29) is 12.1 Å². The number of aromatic nitrogens is 2. The topological polar surface area (TPSA) is 89.3 Å². The van der Waals surface area contributed by atoms with Gasteiger partial charge in [0.1, 0.15) is 0 Å². The molecule has 8 heteroatoms. The second-order valence-electron chi connectivity index (χ2n) is 6.92. The normalized spacial score (nSPS) is 17.8. The first-order valence-corrected chi connectivity index (χ1v) is 9.22. The maximum Gasteiger partial charge on any atom is 0.319 e. The molecule has 26 heavy (non-hydrogen) atoms. The van der Waals surface area contributed by atoms with Crippen molar-refractivity contribution in [2.24, 2.45) is 5.92 Å². The molecule has 2 saturated carbocycles. The van der Waals surface area contributed by atoms with Crippen LogP contribution in [0.25, 0.3) is 11.5 Å². The van der Waals surface area contributed by atoms with Crippen LogP contribution < -0.4 is 10.6 Å². The van der Waals surface area contributed by atoms with Crippen LogP contribution in [0.3, 0.4) is 0 Å². The molecule has 1 unspecified atom stereocenters. The highest BCUT2D eigenvalue weighted by Gasteiger charge is 2.32. The molecule has 138 valence electrons. The Kier molecular flexibility index (Phi) is 4.82. The number of nitrogens with zero attached hydrogens (tertiary/aromatic N) is 2. The van der Waals surface area contributed by atoms with Gasteiger partial charge in [-0.05, 0) is 49.8 Å². The van der Waals surface area contributed by atoms with E-state index in [2.05, 4.69) is 20.8 Å². The smallest absolute Gasteiger partial charge is 0.319 e. The van der Waals surface area contributed by atoms with Gasteiger partial charge in [-0.3, -0.25) is 0 Å². The standard InChI is InChI=1S/C18H21ClN4O3/c1-25-9-15(10-2-3-10)21-18(24)20-14-8-12(19)6-7-13(14)17-22-16(23-26-17)11-4-5-11/h6-8,10-11,15H,2-5,9H2,1H3,(H2,20,21,24). The summed E-state index contributed by atoms with van der Waals surface area (Å²) in [5.74, 6) is 1.98. The molecule has 0 saturated heterocycles. The van der Waals surface area contributed by atoms with Gasteiger partial charge in [0.15, 0.2) is 5.82 Å². The average Bonchev–Trinajstić information content (AvgIpc) is 3.53. The molecule has 2 aliphatic carbocycles. The summed E-state index contributed by atoms with van der Waals surface area (Å²) >= 11 is 6.11. The summed E-state index contributed by atoms with van der Waals surface area (Å²) in [5, 5.41) is 10.4. The van der Waals surface area contributed by atoms with Gasteiger partial charge in [0, 0.05) is 18.1 Å². The van der Waals surface area contributed by atoms with Crippen molar-refractivity contribution in [2.75, 3.05) is 19.0 Å². The first-order chi connectivity index (χ1) is 12.6. The fraction of sp³-hybridized carbons (Fsp3) is 0.500. The van der Waals surface area contributed by atoms with Crippen molar-refractivity contribution < 1.29 is 14.1 Å². The summed E-state index contributed by atoms with van der Waals surface area (Å²) in [6, 6.07) is 4.89. The van der Waals surface area contributed by atoms with Crippen LogP contribution in [-0.2, 0) is 4.74 Å². The lowest BCUT2D eigenvalue weighted by Gasteiger charge is -2.18. The summed E-state index contributed by atoms with van der Waals surface area (Å²) in [5.41, 5.74) is 1.19. The van der Waals surface area contributed by atoms with Crippen molar-refractivity contribution in [1.82, 2.24) is 15.5 Å². The maximum absolute atomic E-state index is 12.5. The molecule has 0 radical (unpaired) electrons. The zero-order chi connectivity index (χ0) is 18.1. The highest BCUT2D eigenvalue weighted by molar-refractivity contribution is 6.31. The van der Waals surface area contributed by atoms with Crippen LogP contribution in [0, 0.1) is 5.92 Å². The summed E-state index contributed by atoms with van der Waals surface area (Å²) < 4.78 is 10.6. The van der Waals surface area contributed by atoms with E-state index in [1.165, 1.54) is 0 Å². The number of ether oxygens (including phenoxy) is 1. The van der Waals surface area contributed by atoms with E-state index >= 15 is 0 Å². The number of amides is 2. The van der Waals surface area contributed by atoms with Gasteiger partial charge >= 0.3 is 6.03 Å². The first-order valence-electron chi connectivity index (χ1n) is 8.84. The van der Waals surface area contributed by atoms with E-state index in [1.54, 1.807) is 25.3 Å². The van der Waals surface area contributed by atoms with E-state index in [9.17, 15) is 4.79 Å². The largest absolute Gasteiger partial charge is 0.383 e. The number of benzene rings is 1. The Labute approximate surface area is 156 Å². The molecule has 0 bridgehead atoms. The molecule has 0 aliphatic heterocycles. The molecule has 1 aromatic carbocycles. The fourth-order valence-electron chi connectivity index (χ4n) is 2.96. The number of anilines is 1. The Balaban J connectivity index is 1.51. The van der Waals surface area contributed by atoms with Crippen molar-refractivity contribution in [3.05, 3.63) is 29.0 Å². The third-order valence-electron chi connectivity index (χ3n) is 4.70. The summed E-state index contributed by atoms with van der Waals surface area (Å²) in [6.45, 7) is 0.495. The lowest BCUT2D eigenvalue weighted by Crippen LogP contribution is -2.42. The number of hydrogen-bond donors (Lipinski definition) is 2. The highest BCUT2D eigenvalue weighted by atomic mass is 35.5. The number of urea groups is 1. The molecule has 2 fully saturated rings. The molecule has 7 nitrogen and oxygen atoms in total. The second kappa shape index (κ2) is 7.25. The Hall–Kier alpha value is -2.12. The van der Waals surface area contributed by atoms with Crippen LogP contribution in [0.15, 0.2) is 22.7 Å². The SMILES string of the molecule is COCC(NC(=O)Nc1cc(Cl)ccc1-c1nc(C2CC2)no1)C1CC1. The average molecular weight is 377 g/mol. The van der Waals surface area contributed by atoms with Crippen molar-refractivity contribution in [3.63, 3.8) is 0 Å². The second-order valence-corrected chi connectivity index (χ2v) is 7.36. The van der Waals surface area contributed by atoms with Crippen molar-refractivity contribution in [1.29, 1.82) is 0 Å². The highest BCUT2D eigenvalue weighted by Crippen LogP contribution is 2.39. The number of carbonyl (C=O) groups is 1. The molecule has 4 rings (SSSR count). The van der Waals surface area contributed by atoms with Gasteiger partial charge < -0.3 is 19.9 Å². The molecule has 2 aliphatic rings. The monoisotopic (exact) mass is 376 g/mol. The third kappa shape index (κ3) is 3.99. The van der Waals surface area contributed by atoms with Crippen molar-refractivity contribution in [2.45, 2.75) is 37.6 Å². The van der Waals surface area contributed by atoms with Crippen molar-refractivity contribution >= 4 is 23.3 Å². The number of halogens is 1. The van der Waals surface area contributed by atoms with E-state index in [0.29, 0.717) is 40.6 Å². The van der Waals surface area contributed by atoms with Gasteiger partial charge in [0.05, 0.1) is 23.9 Å². The number of carbonyl (C=O) groups excluding carboxylic acids is 1. The quantitative estimate of drug-likeness (QED) is 0.766. The van der Waals surface area contributed by atoms with Crippen LogP contribution >= 0.6 is 11.6 Å². The van der Waals surface area contributed by atoms with Gasteiger partial charge in [0.25, 0.3) is 5.89 Å². The molecule has 1 atom stereocenters. The molecule has 2 amide bonds. The summed E-state index contributed by atoms with van der Waals surface area (Å²) in [4.78, 5) is 16.9.